The van der Waals surface area contributed by atoms with Gasteiger partial charge in [0.15, 0.2) is 0 Å². The summed E-state index contributed by atoms with van der Waals surface area (Å²) in [4.78, 5) is 17.9. The molecule has 2 saturated heterocycles. The number of nitrogens with zero attached hydrogens (tertiary/aromatic N) is 2. The normalized spacial score (nSPS) is 32.2. The molecule has 1 aromatic carbocycles. The van der Waals surface area contributed by atoms with Crippen LogP contribution in [-0.4, -0.2) is 60.0 Å². The van der Waals surface area contributed by atoms with Crippen LogP contribution in [0.15, 0.2) is 28.7 Å². The Morgan fingerprint density at radius 2 is 1.92 bits per heavy atom. The molecule has 4 nitrogen and oxygen atoms in total. The maximum atomic E-state index is 13.2. The van der Waals surface area contributed by atoms with Gasteiger partial charge in [0.1, 0.15) is 0 Å². The lowest BCUT2D eigenvalue weighted by molar-refractivity contribution is 0.0320. The predicted octanol–water partition coefficient (Wildman–Crippen LogP) is 3.66. The first kappa shape index (κ1) is 18.5. The number of rotatable bonds is 3. The molecule has 0 aromatic heterocycles. The molecular formula is C21H30BrN3O. The molecule has 26 heavy (non-hydrogen) atoms. The molecule has 1 aliphatic carbocycles. The first-order chi connectivity index (χ1) is 12.6. The quantitative estimate of drug-likeness (QED) is 0.811. The van der Waals surface area contributed by atoms with Crippen LogP contribution in [-0.2, 0) is 0 Å². The van der Waals surface area contributed by atoms with Gasteiger partial charge in [-0.1, -0.05) is 15.9 Å². The Morgan fingerprint density at radius 3 is 2.58 bits per heavy atom. The van der Waals surface area contributed by atoms with Crippen LogP contribution in [0.2, 0.25) is 0 Å². The van der Waals surface area contributed by atoms with Crippen LogP contribution in [0.25, 0.3) is 0 Å². The van der Waals surface area contributed by atoms with Crippen molar-refractivity contribution in [3.05, 3.63) is 34.3 Å². The van der Waals surface area contributed by atoms with E-state index in [0.717, 1.165) is 23.0 Å². The van der Waals surface area contributed by atoms with Gasteiger partial charge < -0.3 is 10.2 Å². The number of likely N-dealkylation sites (tertiary alicyclic amines) is 1. The summed E-state index contributed by atoms with van der Waals surface area (Å²) >= 11 is 3.46. The van der Waals surface area contributed by atoms with Crippen molar-refractivity contribution in [1.29, 1.82) is 0 Å². The molecule has 1 unspecified atom stereocenters. The highest BCUT2D eigenvalue weighted by molar-refractivity contribution is 9.10. The Morgan fingerprint density at radius 1 is 1.19 bits per heavy atom. The molecule has 142 valence electrons. The summed E-state index contributed by atoms with van der Waals surface area (Å²) in [5.74, 6) is 0.154. The highest BCUT2D eigenvalue weighted by atomic mass is 79.9. The van der Waals surface area contributed by atoms with Gasteiger partial charge in [-0.2, -0.15) is 0 Å². The smallest absolute Gasteiger partial charge is 0.253 e. The molecule has 5 heteroatoms. The molecule has 2 aliphatic heterocycles. The summed E-state index contributed by atoms with van der Waals surface area (Å²) in [6, 6.07) is 8.58. The highest BCUT2D eigenvalue weighted by Crippen LogP contribution is 2.39. The molecule has 0 bridgehead atoms. The Labute approximate surface area is 165 Å². The monoisotopic (exact) mass is 419 g/mol. The van der Waals surface area contributed by atoms with Crippen molar-refractivity contribution < 1.29 is 4.79 Å². The lowest BCUT2D eigenvalue weighted by Gasteiger charge is -2.49. The zero-order valence-electron chi connectivity index (χ0n) is 15.7. The molecular weight excluding hydrogens is 390 g/mol. The van der Waals surface area contributed by atoms with Crippen molar-refractivity contribution in [2.45, 2.75) is 62.6 Å². The summed E-state index contributed by atoms with van der Waals surface area (Å²) in [6.45, 7) is 3.52. The van der Waals surface area contributed by atoms with E-state index in [2.05, 4.69) is 26.1 Å². The van der Waals surface area contributed by atoms with Crippen LogP contribution < -0.4 is 5.32 Å². The van der Waals surface area contributed by atoms with Gasteiger partial charge in [-0.3, -0.25) is 9.69 Å². The Hall–Kier alpha value is -0.910. The van der Waals surface area contributed by atoms with Gasteiger partial charge in [0, 0.05) is 34.7 Å². The molecule has 1 saturated carbocycles. The fraction of sp³-hybridized carbons (Fsp3) is 0.667. The molecule has 3 atom stereocenters. The number of carbonyl (C=O) groups excluding carboxylic acids is 1. The lowest BCUT2D eigenvalue weighted by atomic mass is 9.74. The van der Waals surface area contributed by atoms with Crippen LogP contribution >= 0.6 is 15.9 Å². The Bertz CT molecular complexity index is 635. The summed E-state index contributed by atoms with van der Waals surface area (Å²) in [5.41, 5.74) is 1.05. The highest BCUT2D eigenvalue weighted by Gasteiger charge is 2.46. The third-order valence-corrected chi connectivity index (χ3v) is 7.34. The molecule has 1 spiro atoms. The van der Waals surface area contributed by atoms with Crippen LogP contribution in [0.3, 0.4) is 0 Å². The van der Waals surface area contributed by atoms with Gasteiger partial charge in [-0.25, -0.2) is 0 Å². The van der Waals surface area contributed by atoms with Crippen molar-refractivity contribution in [3.8, 4) is 0 Å². The van der Waals surface area contributed by atoms with E-state index < -0.39 is 0 Å². The maximum absolute atomic E-state index is 13.2. The van der Waals surface area contributed by atoms with E-state index >= 15 is 0 Å². The lowest BCUT2D eigenvalue weighted by Crippen LogP contribution is -2.60. The second-order valence-corrected chi connectivity index (χ2v) is 9.27. The number of nitrogens with one attached hydrogen (secondary N) is 1. The van der Waals surface area contributed by atoms with Crippen LogP contribution in [0.1, 0.15) is 55.3 Å². The average Bonchev–Trinajstić information content (AvgIpc) is 3.34. The van der Waals surface area contributed by atoms with Gasteiger partial charge in [0.2, 0.25) is 0 Å². The topological polar surface area (TPSA) is 35.6 Å². The number of likely N-dealkylation sites (N-methyl/N-ethyl adjacent to an activating group) is 1. The number of amides is 1. The third-order valence-electron chi connectivity index (χ3n) is 6.81. The standard InChI is InChI=1S/C21H30BrN3O/c1-24(20(26)16-5-7-17(22)8-6-16)19-15-21(10-4-12-23-21)11-9-18(19)25-13-2-3-14-25/h5-8,18-19,23H,2-4,9-15H2,1H3/t18-,19-,21?/m0/s1. The fourth-order valence-electron chi connectivity index (χ4n) is 5.35. The van der Waals surface area contributed by atoms with E-state index in [0.29, 0.717) is 12.1 Å². The van der Waals surface area contributed by atoms with Gasteiger partial charge in [-0.15, -0.1) is 0 Å². The van der Waals surface area contributed by atoms with E-state index in [1.165, 1.54) is 51.6 Å². The summed E-state index contributed by atoms with van der Waals surface area (Å²) < 4.78 is 1.01. The Balaban J connectivity index is 1.57. The van der Waals surface area contributed by atoms with Crippen molar-refractivity contribution in [2.75, 3.05) is 26.7 Å². The van der Waals surface area contributed by atoms with E-state index in [4.69, 9.17) is 0 Å². The average molecular weight is 420 g/mol. The molecule has 2 heterocycles. The molecule has 3 fully saturated rings. The SMILES string of the molecule is CN(C(=O)c1ccc(Br)cc1)[C@H]1CC2(CCCN2)CC[C@@H]1N1CCCC1. The second kappa shape index (κ2) is 7.61. The predicted molar refractivity (Wildman–Crippen MR) is 108 cm³/mol. The number of halogens is 1. The molecule has 4 rings (SSSR count). The van der Waals surface area contributed by atoms with Crippen LogP contribution in [0, 0.1) is 0 Å². The minimum Gasteiger partial charge on any atom is -0.337 e. The van der Waals surface area contributed by atoms with Crippen LogP contribution in [0.5, 0.6) is 0 Å². The summed E-state index contributed by atoms with van der Waals surface area (Å²) in [7, 11) is 2.02. The maximum Gasteiger partial charge on any atom is 0.253 e. The van der Waals surface area contributed by atoms with Crippen LogP contribution in [0.4, 0.5) is 0 Å². The largest absolute Gasteiger partial charge is 0.337 e. The number of carbonyl (C=O) groups is 1. The first-order valence-corrected chi connectivity index (χ1v) is 10.9. The van der Waals surface area contributed by atoms with Gasteiger partial charge in [0.05, 0.1) is 0 Å². The molecule has 1 aromatic rings. The van der Waals surface area contributed by atoms with Crippen molar-refractivity contribution >= 4 is 21.8 Å². The number of hydrogen-bond acceptors (Lipinski definition) is 3. The van der Waals surface area contributed by atoms with Crippen molar-refractivity contribution in [2.24, 2.45) is 0 Å². The molecule has 1 N–H and O–H groups in total. The fourth-order valence-corrected chi connectivity index (χ4v) is 5.62. The number of hydrogen-bond donors (Lipinski definition) is 1. The summed E-state index contributed by atoms with van der Waals surface area (Å²) in [5, 5.41) is 3.79. The van der Waals surface area contributed by atoms with Crippen molar-refractivity contribution in [3.63, 3.8) is 0 Å². The van der Waals surface area contributed by atoms with E-state index in [1.54, 1.807) is 0 Å². The van der Waals surface area contributed by atoms with Gasteiger partial charge in [-0.05, 0) is 88.8 Å². The second-order valence-electron chi connectivity index (χ2n) is 8.35. The van der Waals surface area contributed by atoms with E-state index in [9.17, 15) is 4.79 Å². The zero-order chi connectivity index (χ0) is 18.1. The molecule has 3 aliphatic rings. The third kappa shape index (κ3) is 3.58. The van der Waals surface area contributed by atoms with Crippen molar-refractivity contribution in [1.82, 2.24) is 15.1 Å². The first-order valence-electron chi connectivity index (χ1n) is 10.1. The minimum absolute atomic E-state index is 0.154. The van der Waals surface area contributed by atoms with E-state index in [-0.39, 0.29) is 11.4 Å². The minimum atomic E-state index is 0.154. The molecule has 1 amide bonds. The summed E-state index contributed by atoms with van der Waals surface area (Å²) in [6.07, 6.45) is 8.68. The zero-order valence-corrected chi connectivity index (χ0v) is 17.3. The van der Waals surface area contributed by atoms with Gasteiger partial charge in [0.25, 0.3) is 5.91 Å². The van der Waals surface area contributed by atoms with Gasteiger partial charge >= 0.3 is 0 Å². The van der Waals surface area contributed by atoms with E-state index in [1.807, 2.05) is 36.2 Å². The number of benzene rings is 1. The molecule has 0 radical (unpaired) electrons. The Kier molecular flexibility index (Phi) is 5.40.